The van der Waals surface area contributed by atoms with Gasteiger partial charge in [-0.1, -0.05) is 35.9 Å². The van der Waals surface area contributed by atoms with Crippen LogP contribution in [-0.4, -0.2) is 31.0 Å². The topological polar surface area (TPSA) is 29.5 Å². The Bertz CT molecular complexity index is 737. The first-order valence-electron chi connectivity index (χ1n) is 8.36. The molecular weight excluding hydrogens is 298 g/mol. The molecule has 1 aliphatic heterocycles. The van der Waals surface area contributed by atoms with Crippen LogP contribution < -0.4 is 4.74 Å². The number of methoxy groups -OCH3 is 1. The molecule has 2 aromatic carbocycles. The quantitative estimate of drug-likeness (QED) is 0.808. The number of nitrogens with zero attached hydrogens (tertiary/aromatic N) is 1. The summed E-state index contributed by atoms with van der Waals surface area (Å²) in [5.41, 5.74) is 4.80. The van der Waals surface area contributed by atoms with Gasteiger partial charge in [0.2, 0.25) is 5.91 Å². The minimum atomic E-state index is 0.0614. The van der Waals surface area contributed by atoms with Crippen molar-refractivity contribution in [3.05, 3.63) is 70.8 Å². The van der Waals surface area contributed by atoms with Gasteiger partial charge in [0.25, 0.3) is 0 Å². The van der Waals surface area contributed by atoms with Crippen molar-refractivity contribution in [3.63, 3.8) is 0 Å². The molecule has 2 aromatic rings. The van der Waals surface area contributed by atoms with E-state index in [0.29, 0.717) is 0 Å². The second-order valence-corrected chi connectivity index (χ2v) is 6.17. The van der Waals surface area contributed by atoms with Crippen LogP contribution in [0.25, 0.3) is 6.08 Å². The molecule has 0 bridgehead atoms. The number of hydrogen-bond acceptors (Lipinski definition) is 2. The average molecular weight is 321 g/mol. The maximum Gasteiger partial charge on any atom is 0.246 e. The first-order valence-corrected chi connectivity index (χ1v) is 8.36. The molecule has 3 nitrogen and oxygen atoms in total. The first-order chi connectivity index (χ1) is 11.7. The molecule has 0 aliphatic carbocycles. The van der Waals surface area contributed by atoms with Gasteiger partial charge in [0.1, 0.15) is 5.75 Å². The Morgan fingerprint density at radius 1 is 1.08 bits per heavy atom. The molecule has 0 saturated carbocycles. The van der Waals surface area contributed by atoms with Gasteiger partial charge in [0.05, 0.1) is 7.11 Å². The van der Waals surface area contributed by atoms with Gasteiger partial charge < -0.3 is 9.64 Å². The van der Waals surface area contributed by atoms with Crippen LogP contribution in [-0.2, 0) is 17.6 Å². The van der Waals surface area contributed by atoms with Crippen molar-refractivity contribution in [1.82, 2.24) is 4.90 Å². The zero-order chi connectivity index (χ0) is 16.9. The molecule has 1 aliphatic rings. The Balaban J connectivity index is 1.71. The van der Waals surface area contributed by atoms with Gasteiger partial charge in [-0.2, -0.15) is 0 Å². The summed E-state index contributed by atoms with van der Waals surface area (Å²) in [4.78, 5) is 14.5. The number of fused-ring (bicyclic) bond motifs is 1. The molecule has 0 saturated heterocycles. The number of amides is 1. The van der Waals surface area contributed by atoms with E-state index in [1.165, 1.54) is 11.1 Å². The number of hydrogen-bond donors (Lipinski definition) is 0. The van der Waals surface area contributed by atoms with Crippen LogP contribution >= 0.6 is 0 Å². The number of carbonyl (C=O) groups is 1. The molecule has 0 spiro atoms. The Morgan fingerprint density at radius 2 is 1.75 bits per heavy atom. The van der Waals surface area contributed by atoms with Gasteiger partial charge in [-0.05, 0) is 49.1 Å². The highest BCUT2D eigenvalue weighted by Crippen LogP contribution is 2.21. The summed E-state index contributed by atoms with van der Waals surface area (Å²) in [5.74, 6) is 0.847. The largest absolute Gasteiger partial charge is 0.496 e. The van der Waals surface area contributed by atoms with Crippen molar-refractivity contribution >= 4 is 12.0 Å². The van der Waals surface area contributed by atoms with Crippen molar-refractivity contribution in [2.24, 2.45) is 0 Å². The van der Waals surface area contributed by atoms with E-state index in [1.54, 1.807) is 13.2 Å². The third-order valence-corrected chi connectivity index (χ3v) is 4.52. The molecule has 0 fully saturated rings. The van der Waals surface area contributed by atoms with Crippen LogP contribution in [0.15, 0.2) is 48.5 Å². The Morgan fingerprint density at radius 3 is 2.38 bits per heavy atom. The van der Waals surface area contributed by atoms with Gasteiger partial charge in [0.15, 0.2) is 0 Å². The van der Waals surface area contributed by atoms with Crippen molar-refractivity contribution in [2.75, 3.05) is 20.2 Å². The molecule has 3 heteroatoms. The van der Waals surface area contributed by atoms with E-state index in [9.17, 15) is 4.79 Å². The smallest absolute Gasteiger partial charge is 0.246 e. The van der Waals surface area contributed by atoms with Gasteiger partial charge in [-0.25, -0.2) is 0 Å². The van der Waals surface area contributed by atoms with E-state index < -0.39 is 0 Å². The average Bonchev–Trinajstić information content (AvgIpc) is 2.82. The summed E-state index contributed by atoms with van der Waals surface area (Å²) in [5, 5.41) is 0. The molecular formula is C21H23NO2. The third kappa shape index (κ3) is 3.67. The lowest BCUT2D eigenvalue weighted by atomic mass is 10.0. The molecule has 0 unspecified atom stereocenters. The van der Waals surface area contributed by atoms with Crippen molar-refractivity contribution in [1.29, 1.82) is 0 Å². The Kier molecular flexibility index (Phi) is 4.99. The zero-order valence-corrected chi connectivity index (χ0v) is 14.3. The van der Waals surface area contributed by atoms with Gasteiger partial charge in [0, 0.05) is 24.7 Å². The molecule has 3 rings (SSSR count). The van der Waals surface area contributed by atoms with Crippen LogP contribution in [0, 0.1) is 6.92 Å². The highest BCUT2D eigenvalue weighted by Gasteiger charge is 2.16. The Hall–Kier alpha value is -2.55. The SMILES string of the molecule is COc1ccc(C)cc1/C=C/C(=O)N1CCc2ccccc2CC1. The second-order valence-electron chi connectivity index (χ2n) is 6.17. The minimum Gasteiger partial charge on any atom is -0.496 e. The molecule has 0 aromatic heterocycles. The number of benzene rings is 2. The molecule has 24 heavy (non-hydrogen) atoms. The fourth-order valence-electron chi connectivity index (χ4n) is 3.14. The van der Waals surface area contributed by atoms with E-state index in [2.05, 4.69) is 24.3 Å². The standard InChI is InChI=1S/C21H23NO2/c1-16-7-9-20(24-2)19(15-16)8-10-21(23)22-13-11-17-5-3-4-6-18(17)12-14-22/h3-10,15H,11-14H2,1-2H3/b10-8+. The van der Waals surface area contributed by atoms with Crippen LogP contribution in [0.1, 0.15) is 22.3 Å². The highest BCUT2D eigenvalue weighted by atomic mass is 16.5. The van der Waals surface area contributed by atoms with Gasteiger partial charge >= 0.3 is 0 Å². The van der Waals surface area contributed by atoms with Crippen molar-refractivity contribution in [2.45, 2.75) is 19.8 Å². The lowest BCUT2D eigenvalue weighted by Crippen LogP contribution is -2.31. The molecule has 0 atom stereocenters. The van der Waals surface area contributed by atoms with E-state index in [4.69, 9.17) is 4.74 Å². The summed E-state index contributed by atoms with van der Waals surface area (Å²) in [6.07, 6.45) is 5.35. The van der Waals surface area contributed by atoms with Crippen LogP contribution in [0.3, 0.4) is 0 Å². The number of ether oxygens (including phenoxy) is 1. The van der Waals surface area contributed by atoms with Crippen LogP contribution in [0.2, 0.25) is 0 Å². The maximum absolute atomic E-state index is 12.6. The summed E-state index contributed by atoms with van der Waals surface area (Å²) in [6, 6.07) is 14.4. The molecule has 0 radical (unpaired) electrons. The minimum absolute atomic E-state index is 0.0614. The van der Waals surface area contributed by atoms with Crippen molar-refractivity contribution in [3.8, 4) is 5.75 Å². The summed E-state index contributed by atoms with van der Waals surface area (Å²) in [7, 11) is 1.65. The lowest BCUT2D eigenvalue weighted by Gasteiger charge is -2.18. The Labute approximate surface area is 143 Å². The monoisotopic (exact) mass is 321 g/mol. The maximum atomic E-state index is 12.6. The molecule has 0 N–H and O–H groups in total. The van der Waals surface area contributed by atoms with E-state index in [-0.39, 0.29) is 5.91 Å². The van der Waals surface area contributed by atoms with E-state index in [0.717, 1.165) is 42.8 Å². The predicted octanol–water partition coefficient (Wildman–Crippen LogP) is 3.64. The normalized spacial score (nSPS) is 14.3. The lowest BCUT2D eigenvalue weighted by molar-refractivity contribution is -0.125. The summed E-state index contributed by atoms with van der Waals surface area (Å²) in [6.45, 7) is 3.57. The fourth-order valence-corrected chi connectivity index (χ4v) is 3.14. The molecule has 124 valence electrons. The van der Waals surface area contributed by atoms with Crippen molar-refractivity contribution < 1.29 is 9.53 Å². The molecule has 1 heterocycles. The number of aryl methyl sites for hydroxylation is 1. The highest BCUT2D eigenvalue weighted by molar-refractivity contribution is 5.92. The van der Waals surface area contributed by atoms with Crippen LogP contribution in [0.4, 0.5) is 0 Å². The van der Waals surface area contributed by atoms with E-state index in [1.807, 2.05) is 36.1 Å². The first kappa shape index (κ1) is 16.3. The molecule has 1 amide bonds. The zero-order valence-electron chi connectivity index (χ0n) is 14.3. The number of carbonyl (C=O) groups excluding carboxylic acids is 1. The van der Waals surface area contributed by atoms with Gasteiger partial charge in [-0.15, -0.1) is 0 Å². The third-order valence-electron chi connectivity index (χ3n) is 4.52. The summed E-state index contributed by atoms with van der Waals surface area (Å²) < 4.78 is 5.36. The van der Waals surface area contributed by atoms with E-state index >= 15 is 0 Å². The van der Waals surface area contributed by atoms with Gasteiger partial charge in [-0.3, -0.25) is 4.79 Å². The second kappa shape index (κ2) is 7.35. The number of rotatable bonds is 3. The summed E-state index contributed by atoms with van der Waals surface area (Å²) >= 11 is 0. The fraction of sp³-hybridized carbons (Fsp3) is 0.286. The predicted molar refractivity (Wildman–Crippen MR) is 97.2 cm³/mol. The van der Waals surface area contributed by atoms with Crippen LogP contribution in [0.5, 0.6) is 5.75 Å².